The lowest BCUT2D eigenvalue weighted by atomic mass is 10.1. The minimum atomic E-state index is -0.833. The van der Waals surface area contributed by atoms with Crippen LogP contribution >= 0.6 is 11.6 Å². The average molecular weight is 476 g/mol. The van der Waals surface area contributed by atoms with Crippen LogP contribution in [0.25, 0.3) is 0 Å². The van der Waals surface area contributed by atoms with E-state index in [4.69, 9.17) is 25.8 Å². The van der Waals surface area contributed by atoms with E-state index in [1.165, 1.54) is 14.2 Å². The van der Waals surface area contributed by atoms with Gasteiger partial charge in [-0.1, -0.05) is 17.7 Å². The van der Waals surface area contributed by atoms with Gasteiger partial charge < -0.3 is 19.5 Å². The molecule has 2 aromatic rings. The van der Waals surface area contributed by atoms with Crippen molar-refractivity contribution in [2.75, 3.05) is 32.7 Å². The highest BCUT2D eigenvalue weighted by Gasteiger charge is 2.37. The van der Waals surface area contributed by atoms with Crippen molar-refractivity contribution in [3.63, 3.8) is 0 Å². The number of esters is 1. The number of hydrazine groups is 1. The summed E-state index contributed by atoms with van der Waals surface area (Å²) in [6.45, 7) is -0.614. The zero-order valence-corrected chi connectivity index (χ0v) is 18.7. The molecule has 174 valence electrons. The maximum absolute atomic E-state index is 12.7. The maximum Gasteiger partial charge on any atom is 0.311 e. The van der Waals surface area contributed by atoms with Crippen molar-refractivity contribution in [2.45, 2.75) is 6.42 Å². The van der Waals surface area contributed by atoms with Crippen LogP contribution in [0.15, 0.2) is 42.5 Å². The van der Waals surface area contributed by atoms with Crippen molar-refractivity contribution in [1.29, 1.82) is 0 Å². The third kappa shape index (κ3) is 5.92. The number of carbonyl (C=O) groups is 4. The van der Waals surface area contributed by atoms with E-state index in [9.17, 15) is 19.2 Å². The molecule has 2 aromatic carbocycles. The molecule has 1 atom stereocenters. The van der Waals surface area contributed by atoms with Crippen molar-refractivity contribution < 1.29 is 33.4 Å². The molecule has 1 aliphatic heterocycles. The fourth-order valence-electron chi connectivity index (χ4n) is 3.21. The topological polar surface area (TPSA) is 123 Å². The Kier molecular flexibility index (Phi) is 7.73. The number of hydrogen-bond donors (Lipinski definition) is 2. The summed E-state index contributed by atoms with van der Waals surface area (Å²) in [5.41, 5.74) is 3.08. The van der Waals surface area contributed by atoms with Gasteiger partial charge in [-0.05, 0) is 36.4 Å². The molecule has 33 heavy (non-hydrogen) atoms. The molecule has 0 saturated carbocycles. The molecule has 3 rings (SSSR count). The van der Waals surface area contributed by atoms with Gasteiger partial charge in [-0.3, -0.25) is 29.6 Å². The fraction of sp³-hybridized carbons (Fsp3) is 0.273. The van der Waals surface area contributed by atoms with Gasteiger partial charge in [0, 0.05) is 17.1 Å². The first-order valence-corrected chi connectivity index (χ1v) is 10.2. The van der Waals surface area contributed by atoms with Gasteiger partial charge in [-0.15, -0.1) is 0 Å². The summed E-state index contributed by atoms with van der Waals surface area (Å²) in [5, 5.41) is 4.12. The van der Waals surface area contributed by atoms with Crippen LogP contribution in [0.1, 0.15) is 16.8 Å². The number of ether oxygens (including phenoxy) is 3. The van der Waals surface area contributed by atoms with Crippen LogP contribution in [0.5, 0.6) is 11.5 Å². The number of hydrogen-bond acceptors (Lipinski definition) is 7. The van der Waals surface area contributed by atoms with Crippen LogP contribution in [0, 0.1) is 5.92 Å². The molecule has 0 aliphatic carbocycles. The van der Waals surface area contributed by atoms with Gasteiger partial charge in [0.2, 0.25) is 5.91 Å². The summed E-state index contributed by atoms with van der Waals surface area (Å²) in [7, 11) is 2.81. The number of halogens is 1. The first-order chi connectivity index (χ1) is 15.8. The van der Waals surface area contributed by atoms with Gasteiger partial charge in [-0.2, -0.15) is 0 Å². The lowest BCUT2D eigenvalue weighted by molar-refractivity contribution is -0.151. The highest BCUT2D eigenvalue weighted by atomic mass is 35.5. The molecule has 3 amide bonds. The minimum absolute atomic E-state index is 0.0975. The largest absolute Gasteiger partial charge is 0.496 e. The SMILES string of the molecule is COc1cccc(OC)c1C(=O)NN1C[C@@H](C(=O)OCC(=O)Nc2ccc(Cl)cc2)CC1=O. The average Bonchev–Trinajstić information content (AvgIpc) is 3.18. The van der Waals surface area contributed by atoms with Gasteiger partial charge in [0.1, 0.15) is 17.1 Å². The standard InChI is InChI=1S/C22H22ClN3O7/c1-31-16-4-3-5-17(32-2)20(16)21(29)25-26-11-13(10-19(26)28)22(30)33-12-18(27)24-15-8-6-14(23)7-9-15/h3-9,13H,10-12H2,1-2H3,(H,24,27)(H,25,29)/t13-/m0/s1. The minimum Gasteiger partial charge on any atom is -0.496 e. The lowest BCUT2D eigenvalue weighted by Gasteiger charge is -2.19. The van der Waals surface area contributed by atoms with Gasteiger partial charge >= 0.3 is 5.97 Å². The van der Waals surface area contributed by atoms with Crippen LogP contribution in [-0.4, -0.2) is 56.1 Å². The van der Waals surface area contributed by atoms with Crippen LogP contribution in [-0.2, 0) is 19.1 Å². The first-order valence-electron chi connectivity index (χ1n) is 9.86. The molecule has 0 aromatic heterocycles. The Bertz CT molecular complexity index is 1040. The highest BCUT2D eigenvalue weighted by molar-refractivity contribution is 6.30. The normalized spacial score (nSPS) is 15.1. The lowest BCUT2D eigenvalue weighted by Crippen LogP contribution is -2.43. The number of carbonyl (C=O) groups excluding carboxylic acids is 4. The molecular formula is C22H22ClN3O7. The van der Waals surface area contributed by atoms with Crippen LogP contribution in [0.3, 0.4) is 0 Å². The van der Waals surface area contributed by atoms with E-state index in [0.717, 1.165) is 5.01 Å². The molecule has 1 heterocycles. The zero-order valence-electron chi connectivity index (χ0n) is 17.9. The van der Waals surface area contributed by atoms with Crippen molar-refractivity contribution in [2.24, 2.45) is 5.92 Å². The number of methoxy groups -OCH3 is 2. The molecule has 0 radical (unpaired) electrons. The van der Waals surface area contributed by atoms with E-state index < -0.39 is 36.2 Å². The Morgan fingerprint density at radius 3 is 2.30 bits per heavy atom. The van der Waals surface area contributed by atoms with Gasteiger partial charge in [0.15, 0.2) is 6.61 Å². The van der Waals surface area contributed by atoms with E-state index in [0.29, 0.717) is 10.7 Å². The predicted molar refractivity (Wildman–Crippen MR) is 118 cm³/mol. The summed E-state index contributed by atoms with van der Waals surface area (Å²) in [4.78, 5) is 49.4. The van der Waals surface area contributed by atoms with E-state index >= 15 is 0 Å². The molecule has 1 saturated heterocycles. The maximum atomic E-state index is 12.7. The molecule has 10 nitrogen and oxygen atoms in total. The van der Waals surface area contributed by atoms with Gasteiger partial charge in [0.25, 0.3) is 11.8 Å². The second-order valence-corrected chi connectivity index (χ2v) is 7.48. The summed E-state index contributed by atoms with van der Waals surface area (Å²) in [6, 6.07) is 11.2. The Morgan fingerprint density at radius 2 is 1.70 bits per heavy atom. The second-order valence-electron chi connectivity index (χ2n) is 7.05. The molecule has 0 bridgehead atoms. The number of nitrogens with one attached hydrogen (secondary N) is 2. The van der Waals surface area contributed by atoms with Crippen molar-refractivity contribution in [3.05, 3.63) is 53.1 Å². The van der Waals surface area contributed by atoms with Gasteiger partial charge in [-0.25, -0.2) is 0 Å². The Morgan fingerprint density at radius 1 is 1.06 bits per heavy atom. The number of amides is 3. The zero-order chi connectivity index (χ0) is 24.0. The summed E-state index contributed by atoms with van der Waals surface area (Å²) < 4.78 is 15.4. The molecule has 11 heteroatoms. The molecular weight excluding hydrogens is 454 g/mol. The third-order valence-corrected chi connectivity index (χ3v) is 5.08. The first kappa shape index (κ1) is 23.9. The Hall–Kier alpha value is -3.79. The van der Waals surface area contributed by atoms with Crippen molar-refractivity contribution in [3.8, 4) is 11.5 Å². The summed E-state index contributed by atoms with van der Waals surface area (Å²) in [5.74, 6) is -2.66. The van der Waals surface area contributed by atoms with Crippen LogP contribution in [0.2, 0.25) is 5.02 Å². The molecule has 1 aliphatic rings. The quantitative estimate of drug-likeness (QED) is 0.560. The molecule has 0 unspecified atom stereocenters. The number of anilines is 1. The van der Waals surface area contributed by atoms with Gasteiger partial charge in [0.05, 0.1) is 26.7 Å². The third-order valence-electron chi connectivity index (χ3n) is 4.82. The number of benzene rings is 2. The second kappa shape index (κ2) is 10.7. The summed E-state index contributed by atoms with van der Waals surface area (Å²) in [6.07, 6.45) is -0.166. The number of nitrogens with zero attached hydrogens (tertiary/aromatic N) is 1. The van der Waals surface area contributed by atoms with E-state index in [2.05, 4.69) is 10.7 Å². The molecule has 2 N–H and O–H groups in total. The van der Waals surface area contributed by atoms with E-state index in [1.54, 1.807) is 42.5 Å². The summed E-state index contributed by atoms with van der Waals surface area (Å²) >= 11 is 5.79. The monoisotopic (exact) mass is 475 g/mol. The highest BCUT2D eigenvalue weighted by Crippen LogP contribution is 2.28. The molecule has 0 spiro atoms. The Labute approximate surface area is 194 Å². The smallest absolute Gasteiger partial charge is 0.311 e. The number of rotatable bonds is 8. The van der Waals surface area contributed by atoms with Crippen LogP contribution in [0.4, 0.5) is 5.69 Å². The van der Waals surface area contributed by atoms with E-state index in [-0.39, 0.29) is 30.0 Å². The Balaban J connectivity index is 1.54. The molecule has 1 fully saturated rings. The van der Waals surface area contributed by atoms with Crippen molar-refractivity contribution >= 4 is 41.0 Å². The van der Waals surface area contributed by atoms with E-state index in [1.807, 2.05) is 0 Å². The van der Waals surface area contributed by atoms with Crippen molar-refractivity contribution in [1.82, 2.24) is 10.4 Å². The predicted octanol–water partition coefficient (Wildman–Crippen LogP) is 2.03. The fourth-order valence-corrected chi connectivity index (χ4v) is 3.34. The van der Waals surface area contributed by atoms with Crippen LogP contribution < -0.4 is 20.2 Å².